The molecule has 2 aliphatic rings. The molecule has 1 heterocycles. The van der Waals surface area contributed by atoms with Gasteiger partial charge in [0.1, 0.15) is 0 Å². The van der Waals surface area contributed by atoms with Crippen LogP contribution in [-0.4, -0.2) is 24.6 Å². The van der Waals surface area contributed by atoms with Gasteiger partial charge in [0.15, 0.2) is 0 Å². The normalized spacial score (nSPS) is 22.4. The summed E-state index contributed by atoms with van der Waals surface area (Å²) in [5.41, 5.74) is 12.4. The van der Waals surface area contributed by atoms with E-state index in [0.717, 1.165) is 19.0 Å². The minimum Gasteiger partial charge on any atom is -0.329 e. The van der Waals surface area contributed by atoms with Crippen molar-refractivity contribution >= 4 is 0 Å². The molecule has 1 atom stereocenters. The monoisotopic (exact) mass is 259 g/mol. The van der Waals surface area contributed by atoms with Gasteiger partial charge < -0.3 is 5.73 Å². The number of nitrogens with one attached hydrogen (secondary N) is 1. The van der Waals surface area contributed by atoms with Crippen LogP contribution in [0.1, 0.15) is 55.2 Å². The van der Waals surface area contributed by atoms with Gasteiger partial charge in [0.2, 0.25) is 0 Å². The van der Waals surface area contributed by atoms with Crippen molar-refractivity contribution in [2.45, 2.75) is 44.1 Å². The Balaban J connectivity index is 1.63. The highest BCUT2D eigenvalue weighted by Gasteiger charge is 2.23. The fraction of sp³-hybridized carbons (Fsp3) is 0.625. The summed E-state index contributed by atoms with van der Waals surface area (Å²) in [5, 5.41) is 2.34. The molecule has 1 aliphatic carbocycles. The Kier molecular flexibility index (Phi) is 4.16. The van der Waals surface area contributed by atoms with E-state index < -0.39 is 0 Å². The fourth-order valence-electron chi connectivity index (χ4n) is 2.92. The molecule has 1 aromatic carbocycles. The molecule has 3 nitrogen and oxygen atoms in total. The first-order valence-corrected chi connectivity index (χ1v) is 7.68. The summed E-state index contributed by atoms with van der Waals surface area (Å²) in [7, 11) is 0. The Morgan fingerprint density at radius 2 is 1.79 bits per heavy atom. The third kappa shape index (κ3) is 3.35. The van der Waals surface area contributed by atoms with Crippen LogP contribution >= 0.6 is 0 Å². The Morgan fingerprint density at radius 1 is 1.11 bits per heavy atom. The third-order valence-electron chi connectivity index (χ3n) is 4.32. The molecule has 3 heteroatoms. The van der Waals surface area contributed by atoms with Gasteiger partial charge in [-0.05, 0) is 42.7 Å². The molecular formula is C16H25N3. The Hall–Kier alpha value is -0.900. The van der Waals surface area contributed by atoms with E-state index in [1.807, 2.05) is 0 Å². The molecule has 3 rings (SSSR count). The fourth-order valence-corrected chi connectivity index (χ4v) is 2.92. The van der Waals surface area contributed by atoms with Crippen molar-refractivity contribution in [3.05, 3.63) is 35.4 Å². The zero-order valence-corrected chi connectivity index (χ0v) is 11.6. The molecule has 1 aromatic rings. The summed E-state index contributed by atoms with van der Waals surface area (Å²) < 4.78 is 0. The van der Waals surface area contributed by atoms with Crippen molar-refractivity contribution in [1.82, 2.24) is 10.4 Å². The molecule has 19 heavy (non-hydrogen) atoms. The lowest BCUT2D eigenvalue weighted by molar-refractivity contribution is 0.130. The van der Waals surface area contributed by atoms with Crippen LogP contribution in [0.25, 0.3) is 0 Å². The molecule has 0 aromatic heterocycles. The Morgan fingerprint density at radius 3 is 2.37 bits per heavy atom. The minimum absolute atomic E-state index is 0.256. The third-order valence-corrected chi connectivity index (χ3v) is 4.32. The number of hydrogen-bond donors (Lipinski definition) is 2. The zero-order valence-electron chi connectivity index (χ0n) is 11.6. The second kappa shape index (κ2) is 6.04. The summed E-state index contributed by atoms with van der Waals surface area (Å²) in [4.78, 5) is 0. The van der Waals surface area contributed by atoms with Crippen molar-refractivity contribution in [2.75, 3.05) is 19.6 Å². The maximum Gasteiger partial charge on any atom is 0.0587 e. The van der Waals surface area contributed by atoms with E-state index in [0.29, 0.717) is 6.54 Å². The summed E-state index contributed by atoms with van der Waals surface area (Å²) in [6.45, 7) is 2.95. The summed E-state index contributed by atoms with van der Waals surface area (Å²) in [6, 6.07) is 9.33. The van der Waals surface area contributed by atoms with Crippen molar-refractivity contribution < 1.29 is 0 Å². The molecule has 0 radical (unpaired) electrons. The highest BCUT2D eigenvalue weighted by molar-refractivity contribution is 5.29. The van der Waals surface area contributed by atoms with Gasteiger partial charge in [-0.25, -0.2) is 10.4 Å². The topological polar surface area (TPSA) is 41.3 Å². The van der Waals surface area contributed by atoms with E-state index >= 15 is 0 Å². The van der Waals surface area contributed by atoms with E-state index in [4.69, 9.17) is 5.73 Å². The van der Waals surface area contributed by atoms with Crippen LogP contribution in [0.2, 0.25) is 0 Å². The molecule has 1 unspecified atom stereocenters. The molecule has 0 bridgehead atoms. The summed E-state index contributed by atoms with van der Waals surface area (Å²) >= 11 is 0. The van der Waals surface area contributed by atoms with Crippen LogP contribution in [0.3, 0.4) is 0 Å². The lowest BCUT2D eigenvalue weighted by Gasteiger charge is -2.31. The van der Waals surface area contributed by atoms with E-state index in [9.17, 15) is 0 Å². The van der Waals surface area contributed by atoms with Crippen molar-refractivity contribution in [3.8, 4) is 0 Å². The number of nitrogens with two attached hydrogens (primary N) is 1. The van der Waals surface area contributed by atoms with Crippen LogP contribution in [0.4, 0.5) is 0 Å². The predicted molar refractivity (Wildman–Crippen MR) is 78.8 cm³/mol. The van der Waals surface area contributed by atoms with Crippen molar-refractivity contribution in [3.63, 3.8) is 0 Å². The maximum absolute atomic E-state index is 5.94. The average molecular weight is 259 g/mol. The summed E-state index contributed by atoms with van der Waals surface area (Å²) in [5.74, 6) is 0.834. The Bertz CT molecular complexity index is 391. The van der Waals surface area contributed by atoms with Crippen LogP contribution in [-0.2, 0) is 0 Å². The first kappa shape index (κ1) is 13.1. The Labute approximate surface area is 116 Å². The molecular weight excluding hydrogens is 234 g/mol. The number of benzene rings is 1. The molecule has 104 valence electrons. The molecule has 0 amide bonds. The second-order valence-corrected chi connectivity index (χ2v) is 5.91. The SMILES string of the molecule is NCC(NN1CCCCC1)c1ccc(C2CC2)cc1. The van der Waals surface area contributed by atoms with Gasteiger partial charge in [0, 0.05) is 19.6 Å². The number of hydrazine groups is 1. The van der Waals surface area contributed by atoms with E-state index in [1.165, 1.54) is 43.2 Å². The van der Waals surface area contributed by atoms with Crippen LogP contribution in [0, 0.1) is 0 Å². The maximum atomic E-state index is 5.94. The van der Waals surface area contributed by atoms with Crippen molar-refractivity contribution in [1.29, 1.82) is 0 Å². The molecule has 0 spiro atoms. The largest absolute Gasteiger partial charge is 0.329 e. The second-order valence-electron chi connectivity index (χ2n) is 5.91. The van der Waals surface area contributed by atoms with Crippen LogP contribution in [0.5, 0.6) is 0 Å². The molecule has 1 aliphatic heterocycles. The van der Waals surface area contributed by atoms with E-state index in [1.54, 1.807) is 0 Å². The van der Waals surface area contributed by atoms with Gasteiger partial charge in [-0.2, -0.15) is 0 Å². The molecule has 2 fully saturated rings. The van der Waals surface area contributed by atoms with Gasteiger partial charge in [0.05, 0.1) is 6.04 Å². The average Bonchev–Trinajstić information content (AvgIpc) is 3.31. The minimum atomic E-state index is 0.256. The lowest BCUT2D eigenvalue weighted by Crippen LogP contribution is -2.45. The van der Waals surface area contributed by atoms with Crippen molar-refractivity contribution in [2.24, 2.45) is 5.73 Å². The van der Waals surface area contributed by atoms with E-state index in [-0.39, 0.29) is 6.04 Å². The van der Waals surface area contributed by atoms with Gasteiger partial charge in [-0.1, -0.05) is 30.7 Å². The standard InChI is InChI=1S/C16H25N3/c17-12-16(18-19-10-2-1-3-11-19)15-8-6-14(7-9-15)13-4-5-13/h6-9,13,16,18H,1-5,10-12,17H2. The van der Waals surface area contributed by atoms with Gasteiger partial charge in [-0.15, -0.1) is 0 Å². The lowest BCUT2D eigenvalue weighted by atomic mass is 10.0. The number of piperidine rings is 1. The molecule has 1 saturated carbocycles. The number of hydrogen-bond acceptors (Lipinski definition) is 3. The molecule has 3 N–H and O–H groups in total. The van der Waals surface area contributed by atoms with Gasteiger partial charge in [0.25, 0.3) is 0 Å². The van der Waals surface area contributed by atoms with Crippen LogP contribution < -0.4 is 11.2 Å². The highest BCUT2D eigenvalue weighted by Crippen LogP contribution is 2.40. The first-order chi connectivity index (χ1) is 9.36. The zero-order chi connectivity index (χ0) is 13.1. The van der Waals surface area contributed by atoms with Gasteiger partial charge >= 0.3 is 0 Å². The predicted octanol–water partition coefficient (Wildman–Crippen LogP) is 2.55. The number of rotatable bonds is 5. The summed E-state index contributed by atoms with van der Waals surface area (Å²) in [6.07, 6.45) is 6.69. The smallest absolute Gasteiger partial charge is 0.0587 e. The quantitative estimate of drug-likeness (QED) is 0.854. The highest BCUT2D eigenvalue weighted by atomic mass is 15.5. The van der Waals surface area contributed by atoms with Gasteiger partial charge in [-0.3, -0.25) is 0 Å². The first-order valence-electron chi connectivity index (χ1n) is 7.68. The number of nitrogens with zero attached hydrogens (tertiary/aromatic N) is 1. The van der Waals surface area contributed by atoms with Crippen LogP contribution in [0.15, 0.2) is 24.3 Å². The van der Waals surface area contributed by atoms with E-state index in [2.05, 4.69) is 34.7 Å². The molecule has 1 saturated heterocycles.